The summed E-state index contributed by atoms with van der Waals surface area (Å²) in [5.41, 5.74) is 0.831. The minimum atomic E-state index is -0.761. The Morgan fingerprint density at radius 3 is 2.54 bits per heavy atom. The van der Waals surface area contributed by atoms with E-state index in [0.29, 0.717) is 19.3 Å². The number of carbonyl (C=O) groups is 4. The summed E-state index contributed by atoms with van der Waals surface area (Å²) >= 11 is 0. The maximum Gasteiger partial charge on any atom is 0.407 e. The third-order valence-electron chi connectivity index (χ3n) is 3.82. The molecule has 1 saturated heterocycles. The second-order valence-corrected chi connectivity index (χ2v) is 6.44. The molecule has 3 amide bonds. The Hall–Kier alpha value is -2.90. The Morgan fingerprint density at radius 1 is 1.29 bits per heavy atom. The molecule has 0 saturated carbocycles. The van der Waals surface area contributed by atoms with E-state index >= 15 is 0 Å². The molecule has 154 valence electrons. The van der Waals surface area contributed by atoms with Crippen molar-refractivity contribution in [1.82, 2.24) is 16.0 Å². The summed E-state index contributed by atoms with van der Waals surface area (Å²) in [6, 6.07) is 8.37. The molecular formula is C20H29N3O5. The van der Waals surface area contributed by atoms with E-state index in [1.165, 1.54) is 6.42 Å². The Balaban J connectivity index is 0.00000122. The Bertz CT molecular complexity index is 636. The number of alkyl carbamates (subject to hydrolysis) is 1. The van der Waals surface area contributed by atoms with Gasteiger partial charge in [-0.15, -0.1) is 0 Å². The Labute approximate surface area is 165 Å². The van der Waals surface area contributed by atoms with E-state index in [1.54, 1.807) is 0 Å². The molecule has 1 aromatic rings. The van der Waals surface area contributed by atoms with Crippen LogP contribution in [0.3, 0.4) is 0 Å². The largest absolute Gasteiger partial charge is 0.445 e. The van der Waals surface area contributed by atoms with E-state index in [-0.39, 0.29) is 31.4 Å². The van der Waals surface area contributed by atoms with Crippen molar-refractivity contribution in [3.8, 4) is 0 Å². The number of nitrogens with one attached hydrogen (secondary N) is 3. The lowest BCUT2D eigenvalue weighted by Gasteiger charge is -2.15. The molecule has 1 aliphatic rings. The van der Waals surface area contributed by atoms with Gasteiger partial charge in [-0.25, -0.2) is 4.79 Å². The highest BCUT2D eigenvalue weighted by Crippen LogP contribution is 2.15. The lowest BCUT2D eigenvalue weighted by molar-refractivity contribution is -0.125. The highest BCUT2D eigenvalue weighted by Gasteiger charge is 2.27. The molecule has 0 spiro atoms. The molecule has 8 heteroatoms. The molecule has 0 bridgehead atoms. The first-order valence-electron chi connectivity index (χ1n) is 9.47. The van der Waals surface area contributed by atoms with Crippen molar-refractivity contribution >= 4 is 24.2 Å². The Kier molecular flexibility index (Phi) is 11.0. The van der Waals surface area contributed by atoms with Crippen LogP contribution in [0.25, 0.3) is 0 Å². The van der Waals surface area contributed by atoms with Gasteiger partial charge < -0.3 is 25.5 Å². The zero-order valence-corrected chi connectivity index (χ0v) is 16.4. The van der Waals surface area contributed by atoms with E-state index < -0.39 is 18.0 Å². The second-order valence-electron chi connectivity index (χ2n) is 6.44. The number of amides is 3. The number of hydrogen-bond acceptors (Lipinski definition) is 5. The van der Waals surface area contributed by atoms with Crippen LogP contribution in [0.1, 0.15) is 38.7 Å². The number of rotatable bonds is 8. The predicted octanol–water partition coefficient (Wildman–Crippen LogP) is 1.54. The van der Waals surface area contributed by atoms with Crippen LogP contribution in [-0.4, -0.2) is 43.3 Å². The van der Waals surface area contributed by atoms with Crippen LogP contribution in [-0.2, 0) is 25.7 Å². The molecule has 0 radical (unpaired) electrons. The molecule has 2 rings (SSSR count). The number of hydrogen-bond donors (Lipinski definition) is 3. The quantitative estimate of drug-likeness (QED) is 0.582. The molecule has 1 fully saturated rings. The first kappa shape index (κ1) is 23.1. The number of carbonyl (C=O) groups excluding carboxylic acids is 4. The molecule has 1 heterocycles. The molecule has 1 aliphatic heterocycles. The van der Waals surface area contributed by atoms with Gasteiger partial charge in [-0.05, 0) is 18.4 Å². The summed E-state index contributed by atoms with van der Waals surface area (Å²) in [7, 11) is 0. The number of ether oxygens (including phenoxy) is 1. The van der Waals surface area contributed by atoms with Crippen molar-refractivity contribution in [3.05, 3.63) is 35.9 Å². The molecular weight excluding hydrogens is 362 g/mol. The van der Waals surface area contributed by atoms with Crippen LogP contribution in [0.4, 0.5) is 4.79 Å². The van der Waals surface area contributed by atoms with E-state index in [1.807, 2.05) is 30.3 Å². The average Bonchev–Trinajstić information content (AvgIpc) is 3.10. The van der Waals surface area contributed by atoms with Crippen molar-refractivity contribution < 1.29 is 23.9 Å². The third-order valence-corrected chi connectivity index (χ3v) is 3.82. The van der Waals surface area contributed by atoms with Crippen molar-refractivity contribution in [2.24, 2.45) is 5.92 Å². The van der Waals surface area contributed by atoms with Crippen molar-refractivity contribution in [2.75, 3.05) is 13.1 Å². The summed E-state index contributed by atoms with van der Waals surface area (Å²) in [6.07, 6.45) is 2.01. The summed E-state index contributed by atoms with van der Waals surface area (Å²) in [6.45, 7) is 4.62. The maximum absolute atomic E-state index is 11.8. The van der Waals surface area contributed by atoms with Crippen LogP contribution in [0.2, 0.25) is 0 Å². The van der Waals surface area contributed by atoms with Crippen molar-refractivity contribution in [1.29, 1.82) is 0 Å². The van der Waals surface area contributed by atoms with Crippen molar-refractivity contribution in [2.45, 2.75) is 45.8 Å². The first-order valence-corrected chi connectivity index (χ1v) is 9.47. The van der Waals surface area contributed by atoms with Gasteiger partial charge in [0.1, 0.15) is 19.4 Å². The summed E-state index contributed by atoms with van der Waals surface area (Å²) in [4.78, 5) is 45.9. The topological polar surface area (TPSA) is 114 Å². The fourth-order valence-corrected chi connectivity index (χ4v) is 2.51. The van der Waals surface area contributed by atoms with Gasteiger partial charge in [0.05, 0.1) is 6.04 Å². The summed E-state index contributed by atoms with van der Waals surface area (Å²) in [5, 5.41) is 7.48. The molecule has 2 unspecified atom stereocenters. The SMILES string of the molecule is CCC.O=CC(CC1CCNC1=O)NC(=O)CNC(=O)OCc1ccccc1. The minimum absolute atomic E-state index is 0.0993. The average molecular weight is 391 g/mol. The van der Waals surface area contributed by atoms with Crippen LogP contribution in [0, 0.1) is 5.92 Å². The molecule has 0 aromatic heterocycles. The number of benzene rings is 1. The van der Waals surface area contributed by atoms with Gasteiger partial charge in [-0.2, -0.15) is 0 Å². The molecule has 0 aliphatic carbocycles. The lowest BCUT2D eigenvalue weighted by atomic mass is 9.99. The van der Waals surface area contributed by atoms with E-state index in [0.717, 1.165) is 5.56 Å². The zero-order valence-electron chi connectivity index (χ0n) is 16.4. The van der Waals surface area contributed by atoms with E-state index in [2.05, 4.69) is 29.8 Å². The molecule has 28 heavy (non-hydrogen) atoms. The molecule has 3 N–H and O–H groups in total. The van der Waals surface area contributed by atoms with Gasteiger partial charge in [-0.3, -0.25) is 9.59 Å². The van der Waals surface area contributed by atoms with Gasteiger partial charge in [0, 0.05) is 12.5 Å². The minimum Gasteiger partial charge on any atom is -0.445 e. The van der Waals surface area contributed by atoms with Crippen molar-refractivity contribution in [3.63, 3.8) is 0 Å². The second kappa shape index (κ2) is 13.3. The monoisotopic (exact) mass is 391 g/mol. The molecule has 2 atom stereocenters. The van der Waals surface area contributed by atoms with E-state index in [9.17, 15) is 19.2 Å². The molecule has 1 aromatic carbocycles. The highest BCUT2D eigenvalue weighted by atomic mass is 16.5. The van der Waals surface area contributed by atoms with Gasteiger partial charge >= 0.3 is 6.09 Å². The fraction of sp³-hybridized carbons (Fsp3) is 0.500. The normalized spacial score (nSPS) is 16.1. The smallest absolute Gasteiger partial charge is 0.407 e. The highest BCUT2D eigenvalue weighted by molar-refractivity contribution is 5.85. The zero-order chi connectivity index (χ0) is 20.8. The first-order chi connectivity index (χ1) is 13.5. The summed E-state index contributed by atoms with van der Waals surface area (Å²) in [5.74, 6) is -0.907. The Morgan fingerprint density at radius 2 is 1.96 bits per heavy atom. The predicted molar refractivity (Wildman–Crippen MR) is 104 cm³/mol. The standard InChI is InChI=1S/C17H21N3O5.C3H8/c21-10-14(8-13-6-7-18-16(13)23)20-15(22)9-19-17(24)25-11-12-4-2-1-3-5-12;1-3-2/h1-5,10,13-14H,6-9,11H2,(H,18,23)(H,19,24)(H,20,22);3H2,1-2H3. The fourth-order valence-electron chi connectivity index (χ4n) is 2.51. The number of aldehydes is 1. The third kappa shape index (κ3) is 9.16. The van der Waals surface area contributed by atoms with Gasteiger partial charge in [0.2, 0.25) is 11.8 Å². The van der Waals surface area contributed by atoms with Crippen LogP contribution >= 0.6 is 0 Å². The van der Waals surface area contributed by atoms with Crippen LogP contribution in [0.15, 0.2) is 30.3 Å². The van der Waals surface area contributed by atoms with Crippen LogP contribution < -0.4 is 16.0 Å². The maximum atomic E-state index is 11.8. The van der Waals surface area contributed by atoms with E-state index in [4.69, 9.17) is 4.74 Å². The lowest BCUT2D eigenvalue weighted by Crippen LogP contribution is -2.44. The van der Waals surface area contributed by atoms with Crippen LogP contribution in [0.5, 0.6) is 0 Å². The summed E-state index contributed by atoms with van der Waals surface area (Å²) < 4.78 is 4.98. The van der Waals surface area contributed by atoms with Gasteiger partial charge in [-0.1, -0.05) is 50.6 Å². The van der Waals surface area contributed by atoms with Gasteiger partial charge in [0.15, 0.2) is 0 Å². The van der Waals surface area contributed by atoms with Gasteiger partial charge in [0.25, 0.3) is 0 Å². The molecule has 8 nitrogen and oxygen atoms in total.